The van der Waals surface area contributed by atoms with E-state index in [9.17, 15) is 18.0 Å². The monoisotopic (exact) mass is 223 g/mol. The van der Waals surface area contributed by atoms with Crippen molar-refractivity contribution in [2.45, 2.75) is 19.1 Å². The molecule has 1 aromatic heterocycles. The van der Waals surface area contributed by atoms with Gasteiger partial charge in [0.1, 0.15) is 6.33 Å². The molecular formula is C7H8F3N3O2. The zero-order valence-electron chi connectivity index (χ0n) is 7.78. The van der Waals surface area contributed by atoms with Crippen molar-refractivity contribution in [2.75, 3.05) is 7.11 Å². The topological polar surface area (TPSA) is 57.0 Å². The van der Waals surface area contributed by atoms with Crippen LogP contribution in [-0.2, 0) is 11.3 Å². The number of carbonyl (C=O) groups is 1. The molecule has 0 N–H and O–H groups in total. The quantitative estimate of drug-likeness (QED) is 0.718. The van der Waals surface area contributed by atoms with E-state index in [-0.39, 0.29) is 12.4 Å². The summed E-state index contributed by atoms with van der Waals surface area (Å²) in [5.41, 5.74) is 0. The van der Waals surface area contributed by atoms with E-state index in [2.05, 4.69) is 14.8 Å². The minimum absolute atomic E-state index is 0.250. The van der Waals surface area contributed by atoms with Crippen molar-refractivity contribution < 1.29 is 22.7 Å². The number of carbonyl (C=O) groups excluding carboxylic acids is 1. The average Bonchev–Trinajstić information content (AvgIpc) is 2.61. The van der Waals surface area contributed by atoms with E-state index >= 15 is 0 Å². The van der Waals surface area contributed by atoms with Gasteiger partial charge in [-0.1, -0.05) is 0 Å². The summed E-state index contributed by atoms with van der Waals surface area (Å²) in [5.74, 6) is -1.03. The molecule has 0 fully saturated rings. The van der Waals surface area contributed by atoms with Crippen LogP contribution in [0, 0.1) is 0 Å². The maximum absolute atomic E-state index is 11.8. The Kier molecular flexibility index (Phi) is 3.28. The van der Waals surface area contributed by atoms with Crippen molar-refractivity contribution in [3.05, 3.63) is 12.2 Å². The van der Waals surface area contributed by atoms with Crippen LogP contribution in [0.5, 0.6) is 0 Å². The lowest BCUT2D eigenvalue weighted by molar-refractivity contribution is -0.137. The number of nitrogens with zero attached hydrogens (tertiary/aromatic N) is 3. The molecule has 84 valence electrons. The van der Waals surface area contributed by atoms with Gasteiger partial charge in [-0.3, -0.25) is 4.68 Å². The Morgan fingerprint density at radius 1 is 1.60 bits per heavy atom. The number of hydrogen-bond donors (Lipinski definition) is 0. The molecule has 0 spiro atoms. The molecule has 8 heteroatoms. The van der Waals surface area contributed by atoms with Gasteiger partial charge in [-0.15, -0.1) is 5.10 Å². The predicted octanol–water partition coefficient (Wildman–Crippen LogP) is 1.02. The highest BCUT2D eigenvalue weighted by molar-refractivity contribution is 5.84. The Hall–Kier alpha value is -1.60. The molecule has 1 rings (SSSR count). The first-order chi connectivity index (χ1) is 6.92. The molecule has 15 heavy (non-hydrogen) atoms. The highest BCUT2D eigenvalue weighted by Gasteiger charge is 2.27. The fourth-order valence-electron chi connectivity index (χ4n) is 0.829. The third-order valence-electron chi connectivity index (χ3n) is 1.53. The lowest BCUT2D eigenvalue weighted by Gasteiger charge is -2.04. The number of alkyl halides is 3. The summed E-state index contributed by atoms with van der Waals surface area (Å²) in [7, 11) is 1.14. The van der Waals surface area contributed by atoms with Crippen molar-refractivity contribution in [3.63, 3.8) is 0 Å². The molecule has 0 unspecified atom stereocenters. The van der Waals surface area contributed by atoms with Gasteiger partial charge in [-0.05, 0) is 0 Å². The van der Waals surface area contributed by atoms with Gasteiger partial charge < -0.3 is 4.74 Å². The molecule has 0 saturated heterocycles. The fraction of sp³-hybridized carbons (Fsp3) is 0.571. The molecule has 0 aliphatic carbocycles. The number of aromatic nitrogens is 3. The summed E-state index contributed by atoms with van der Waals surface area (Å²) in [6.07, 6.45) is -4.22. The number of ether oxygens (including phenoxy) is 1. The minimum atomic E-state index is -4.25. The molecule has 0 aliphatic heterocycles. The van der Waals surface area contributed by atoms with E-state index in [1.807, 2.05) is 0 Å². The van der Waals surface area contributed by atoms with Crippen LogP contribution in [0.15, 0.2) is 6.33 Å². The Bertz CT molecular complexity index is 347. The van der Waals surface area contributed by atoms with Crippen LogP contribution >= 0.6 is 0 Å². The molecule has 1 heterocycles. The molecule has 0 saturated carbocycles. The first-order valence-electron chi connectivity index (χ1n) is 3.97. The summed E-state index contributed by atoms with van der Waals surface area (Å²) < 4.78 is 40.7. The third-order valence-corrected chi connectivity index (χ3v) is 1.53. The van der Waals surface area contributed by atoms with Crippen LogP contribution < -0.4 is 0 Å². The lowest BCUT2D eigenvalue weighted by atomic mass is 10.4. The zero-order valence-corrected chi connectivity index (χ0v) is 7.78. The van der Waals surface area contributed by atoms with Crippen molar-refractivity contribution in [1.82, 2.24) is 14.8 Å². The van der Waals surface area contributed by atoms with Gasteiger partial charge in [0, 0.05) is 0 Å². The van der Waals surface area contributed by atoms with E-state index in [4.69, 9.17) is 0 Å². The van der Waals surface area contributed by atoms with Crippen LogP contribution in [0.3, 0.4) is 0 Å². The van der Waals surface area contributed by atoms with E-state index in [0.29, 0.717) is 0 Å². The van der Waals surface area contributed by atoms with E-state index in [1.165, 1.54) is 0 Å². The van der Waals surface area contributed by atoms with Crippen LogP contribution in [-0.4, -0.2) is 34.0 Å². The van der Waals surface area contributed by atoms with Crippen molar-refractivity contribution >= 4 is 5.97 Å². The SMILES string of the molecule is COC(=O)c1ncn(CCC(F)(F)F)n1. The van der Waals surface area contributed by atoms with Gasteiger partial charge in [-0.25, -0.2) is 9.78 Å². The number of esters is 1. The highest BCUT2D eigenvalue weighted by atomic mass is 19.4. The van der Waals surface area contributed by atoms with Crippen LogP contribution in [0.4, 0.5) is 13.2 Å². The van der Waals surface area contributed by atoms with E-state index in [1.54, 1.807) is 0 Å². The summed E-state index contributed by atoms with van der Waals surface area (Å²) in [5, 5.41) is 3.52. The number of methoxy groups -OCH3 is 1. The number of aryl methyl sites for hydroxylation is 1. The van der Waals surface area contributed by atoms with E-state index < -0.39 is 18.6 Å². The number of rotatable bonds is 3. The predicted molar refractivity (Wildman–Crippen MR) is 42.0 cm³/mol. The first-order valence-corrected chi connectivity index (χ1v) is 3.97. The molecule has 0 aromatic carbocycles. The van der Waals surface area contributed by atoms with Gasteiger partial charge in [0.15, 0.2) is 0 Å². The summed E-state index contributed by atoms with van der Waals surface area (Å²) in [6, 6.07) is 0. The zero-order chi connectivity index (χ0) is 11.5. The molecule has 1 aromatic rings. The molecular weight excluding hydrogens is 215 g/mol. The minimum Gasteiger partial charge on any atom is -0.463 e. The maximum Gasteiger partial charge on any atom is 0.390 e. The molecule has 0 bridgehead atoms. The van der Waals surface area contributed by atoms with Crippen LogP contribution in [0.25, 0.3) is 0 Å². The molecule has 0 amide bonds. The number of halogens is 3. The van der Waals surface area contributed by atoms with Crippen molar-refractivity contribution in [1.29, 1.82) is 0 Å². The smallest absolute Gasteiger partial charge is 0.390 e. The Labute approximate surface area is 82.9 Å². The highest BCUT2D eigenvalue weighted by Crippen LogP contribution is 2.19. The summed E-state index contributed by atoms with van der Waals surface area (Å²) in [4.78, 5) is 14.3. The third kappa shape index (κ3) is 3.56. The Morgan fingerprint density at radius 3 is 2.80 bits per heavy atom. The van der Waals surface area contributed by atoms with Gasteiger partial charge >= 0.3 is 12.1 Å². The van der Waals surface area contributed by atoms with Gasteiger partial charge in [0.05, 0.1) is 20.1 Å². The van der Waals surface area contributed by atoms with E-state index in [0.717, 1.165) is 18.1 Å². The lowest BCUT2D eigenvalue weighted by Crippen LogP contribution is -2.13. The first kappa shape index (κ1) is 11.5. The number of hydrogen-bond acceptors (Lipinski definition) is 4. The summed E-state index contributed by atoms with van der Waals surface area (Å²) >= 11 is 0. The Morgan fingerprint density at radius 2 is 2.27 bits per heavy atom. The maximum atomic E-state index is 11.8. The normalized spacial score (nSPS) is 11.5. The molecule has 0 radical (unpaired) electrons. The van der Waals surface area contributed by atoms with Gasteiger partial charge in [0.2, 0.25) is 0 Å². The largest absolute Gasteiger partial charge is 0.463 e. The molecule has 0 aliphatic rings. The van der Waals surface area contributed by atoms with Gasteiger partial charge in [0.25, 0.3) is 5.82 Å². The average molecular weight is 223 g/mol. The second kappa shape index (κ2) is 4.28. The fourth-order valence-corrected chi connectivity index (χ4v) is 0.829. The Balaban J connectivity index is 2.57. The molecule has 0 atom stereocenters. The van der Waals surface area contributed by atoms with Crippen LogP contribution in [0.1, 0.15) is 17.0 Å². The second-order valence-electron chi connectivity index (χ2n) is 2.69. The summed E-state index contributed by atoms with van der Waals surface area (Å²) in [6.45, 7) is -0.368. The molecule has 5 nitrogen and oxygen atoms in total. The standard InChI is InChI=1S/C7H8F3N3O2/c1-15-6(14)5-11-4-13(12-5)3-2-7(8,9)10/h4H,2-3H2,1H3. The van der Waals surface area contributed by atoms with Crippen molar-refractivity contribution in [2.24, 2.45) is 0 Å². The van der Waals surface area contributed by atoms with Crippen LogP contribution in [0.2, 0.25) is 0 Å². The van der Waals surface area contributed by atoms with Crippen molar-refractivity contribution in [3.8, 4) is 0 Å². The van der Waals surface area contributed by atoms with Gasteiger partial charge in [-0.2, -0.15) is 13.2 Å². The second-order valence-corrected chi connectivity index (χ2v) is 2.69.